The van der Waals surface area contributed by atoms with Crippen LogP contribution in [0.1, 0.15) is 29.5 Å². The zero-order chi connectivity index (χ0) is 15.0. The molecule has 0 saturated heterocycles. The maximum absolute atomic E-state index is 13.3. The zero-order valence-corrected chi connectivity index (χ0v) is 11.9. The lowest BCUT2D eigenvalue weighted by Crippen LogP contribution is -2.25. The van der Waals surface area contributed by atoms with Crippen molar-refractivity contribution in [2.24, 2.45) is 0 Å². The van der Waals surface area contributed by atoms with Crippen LogP contribution >= 0.6 is 0 Å². The Kier molecular flexibility index (Phi) is 3.53. The van der Waals surface area contributed by atoms with E-state index in [1.807, 2.05) is 24.0 Å². The Morgan fingerprint density at radius 2 is 1.86 bits per heavy atom. The number of benzene rings is 2. The molecule has 1 aliphatic heterocycles. The second-order valence-electron chi connectivity index (χ2n) is 5.51. The number of nitrogen functional groups attached to an aromatic ring is 1. The van der Waals surface area contributed by atoms with Crippen LogP contribution in [0.25, 0.3) is 0 Å². The minimum absolute atomic E-state index is 0.00317. The minimum Gasteiger partial charge on any atom is -0.399 e. The number of nitrogens with two attached hydrogens (primary N) is 1. The molecule has 2 aromatic rings. The highest BCUT2D eigenvalue weighted by Gasteiger charge is 2.23. The largest absolute Gasteiger partial charge is 0.399 e. The van der Waals surface area contributed by atoms with E-state index in [0.29, 0.717) is 11.4 Å². The van der Waals surface area contributed by atoms with E-state index in [1.54, 1.807) is 12.1 Å². The number of alkyl halides is 2. The molecule has 0 saturated carbocycles. The number of fused-ring (bicyclic) bond motifs is 1. The minimum atomic E-state index is -2.53. The van der Waals surface area contributed by atoms with Gasteiger partial charge >= 0.3 is 0 Å². The number of hydrogen-bond donors (Lipinski definition) is 1. The van der Waals surface area contributed by atoms with Crippen LogP contribution in [-0.2, 0) is 6.42 Å². The van der Waals surface area contributed by atoms with E-state index in [-0.39, 0.29) is 5.56 Å². The molecule has 2 aromatic carbocycles. The quantitative estimate of drug-likeness (QED) is 0.818. The van der Waals surface area contributed by atoms with Crippen LogP contribution in [0, 0.1) is 6.92 Å². The number of rotatable bonds is 2. The third-order valence-electron chi connectivity index (χ3n) is 3.93. The fourth-order valence-electron chi connectivity index (χ4n) is 2.97. The fraction of sp³-hybridized carbons (Fsp3) is 0.294. The van der Waals surface area contributed by atoms with E-state index < -0.39 is 6.43 Å². The molecule has 2 nitrogen and oxygen atoms in total. The van der Waals surface area contributed by atoms with Gasteiger partial charge in [0.05, 0.1) is 5.69 Å². The first-order valence-electron chi connectivity index (χ1n) is 7.11. The third kappa shape index (κ3) is 2.58. The summed E-state index contributed by atoms with van der Waals surface area (Å²) in [4.78, 5) is 1.99. The van der Waals surface area contributed by atoms with Crippen LogP contribution in [0.3, 0.4) is 0 Å². The first kappa shape index (κ1) is 13.9. The van der Waals surface area contributed by atoms with E-state index in [4.69, 9.17) is 5.73 Å². The molecule has 0 fully saturated rings. The first-order chi connectivity index (χ1) is 10.1. The molecule has 2 N–H and O–H groups in total. The van der Waals surface area contributed by atoms with Gasteiger partial charge in [-0.15, -0.1) is 0 Å². The van der Waals surface area contributed by atoms with Crippen LogP contribution in [0.15, 0.2) is 36.4 Å². The highest BCUT2D eigenvalue weighted by atomic mass is 19.3. The van der Waals surface area contributed by atoms with E-state index in [1.165, 1.54) is 17.2 Å². The normalized spacial score (nSPS) is 14.4. The average Bonchev–Trinajstić information content (AvgIpc) is 2.46. The Hall–Kier alpha value is -2.10. The van der Waals surface area contributed by atoms with Crippen molar-refractivity contribution in [3.8, 4) is 0 Å². The molecule has 1 aliphatic rings. The fourth-order valence-corrected chi connectivity index (χ4v) is 2.97. The van der Waals surface area contributed by atoms with Crippen molar-refractivity contribution in [3.05, 3.63) is 53.1 Å². The van der Waals surface area contributed by atoms with Crippen molar-refractivity contribution >= 4 is 17.1 Å². The summed E-state index contributed by atoms with van der Waals surface area (Å²) < 4.78 is 26.6. The topological polar surface area (TPSA) is 29.3 Å². The van der Waals surface area contributed by atoms with E-state index in [9.17, 15) is 8.78 Å². The van der Waals surface area contributed by atoms with Crippen molar-refractivity contribution in [1.29, 1.82) is 0 Å². The predicted octanol–water partition coefficient (Wildman–Crippen LogP) is 4.60. The van der Waals surface area contributed by atoms with Crippen LogP contribution in [-0.4, -0.2) is 6.54 Å². The Morgan fingerprint density at radius 1 is 1.10 bits per heavy atom. The highest BCUT2D eigenvalue weighted by Crippen LogP contribution is 2.39. The monoisotopic (exact) mass is 288 g/mol. The van der Waals surface area contributed by atoms with Crippen molar-refractivity contribution < 1.29 is 8.78 Å². The number of anilines is 3. The Morgan fingerprint density at radius 3 is 2.62 bits per heavy atom. The molecule has 4 heteroatoms. The van der Waals surface area contributed by atoms with E-state index in [0.717, 1.165) is 25.1 Å². The van der Waals surface area contributed by atoms with Crippen molar-refractivity contribution in [2.75, 3.05) is 17.2 Å². The van der Waals surface area contributed by atoms with Crippen molar-refractivity contribution in [3.63, 3.8) is 0 Å². The smallest absolute Gasteiger partial charge is 0.265 e. The van der Waals surface area contributed by atoms with Gasteiger partial charge in [0, 0.05) is 23.5 Å². The van der Waals surface area contributed by atoms with Gasteiger partial charge in [-0.1, -0.05) is 17.7 Å². The van der Waals surface area contributed by atoms with E-state index in [2.05, 4.69) is 6.07 Å². The molecule has 3 rings (SSSR count). The molecule has 0 bridgehead atoms. The third-order valence-corrected chi connectivity index (χ3v) is 3.93. The van der Waals surface area contributed by atoms with Crippen molar-refractivity contribution in [1.82, 2.24) is 0 Å². The SMILES string of the molecule is Cc1ccc2c(c1)CCCN2c1ccc(N)cc1C(F)F. The van der Waals surface area contributed by atoms with Gasteiger partial charge < -0.3 is 10.6 Å². The Balaban J connectivity index is 2.11. The molecule has 1 heterocycles. The van der Waals surface area contributed by atoms with Gasteiger partial charge in [0.1, 0.15) is 0 Å². The average molecular weight is 288 g/mol. The van der Waals surface area contributed by atoms with Crippen molar-refractivity contribution in [2.45, 2.75) is 26.2 Å². The highest BCUT2D eigenvalue weighted by molar-refractivity contribution is 5.72. The summed E-state index contributed by atoms with van der Waals surface area (Å²) in [5.74, 6) is 0. The molecule has 0 atom stereocenters. The molecule has 0 unspecified atom stereocenters. The lowest BCUT2D eigenvalue weighted by Gasteiger charge is -2.33. The molecule has 0 spiro atoms. The van der Waals surface area contributed by atoms with Gasteiger partial charge in [-0.2, -0.15) is 0 Å². The van der Waals surface area contributed by atoms with Gasteiger partial charge in [-0.25, -0.2) is 8.78 Å². The van der Waals surface area contributed by atoms with Crippen LogP contribution in [0.4, 0.5) is 25.8 Å². The van der Waals surface area contributed by atoms with Crippen LogP contribution in [0.2, 0.25) is 0 Å². The molecular weight excluding hydrogens is 270 g/mol. The lowest BCUT2D eigenvalue weighted by atomic mass is 9.98. The number of halogens is 2. The standard InChI is InChI=1S/C17H18F2N2/c1-11-4-6-15-12(9-11)3-2-8-21(15)16-7-5-13(20)10-14(16)17(18)19/h4-7,9-10,17H,2-3,8,20H2,1H3. The summed E-state index contributed by atoms with van der Waals surface area (Å²) >= 11 is 0. The molecule has 0 aliphatic carbocycles. The second kappa shape index (κ2) is 5.35. The molecule has 110 valence electrons. The maximum atomic E-state index is 13.3. The number of nitrogens with zero attached hydrogens (tertiary/aromatic N) is 1. The molecular formula is C17H18F2N2. The number of hydrogen-bond acceptors (Lipinski definition) is 2. The molecule has 0 radical (unpaired) electrons. The van der Waals surface area contributed by atoms with Gasteiger partial charge in [0.25, 0.3) is 6.43 Å². The maximum Gasteiger partial charge on any atom is 0.265 e. The molecule has 21 heavy (non-hydrogen) atoms. The summed E-state index contributed by atoms with van der Waals surface area (Å²) in [5.41, 5.74) is 10.0. The van der Waals surface area contributed by atoms with E-state index >= 15 is 0 Å². The van der Waals surface area contributed by atoms with Gasteiger partial charge in [0.2, 0.25) is 0 Å². The Bertz CT molecular complexity index is 668. The second-order valence-corrected chi connectivity index (χ2v) is 5.51. The number of aryl methyl sites for hydroxylation is 2. The summed E-state index contributed by atoms with van der Waals surface area (Å²) in [7, 11) is 0. The lowest BCUT2D eigenvalue weighted by molar-refractivity contribution is 0.152. The zero-order valence-electron chi connectivity index (χ0n) is 11.9. The summed E-state index contributed by atoms with van der Waals surface area (Å²) in [6.45, 7) is 2.80. The summed E-state index contributed by atoms with van der Waals surface area (Å²) in [6.07, 6.45) is -0.574. The van der Waals surface area contributed by atoms with Gasteiger partial charge in [-0.05, 0) is 49.6 Å². The first-order valence-corrected chi connectivity index (χ1v) is 7.11. The predicted molar refractivity (Wildman–Crippen MR) is 82.3 cm³/mol. The summed E-state index contributed by atoms with van der Waals surface area (Å²) in [6, 6.07) is 10.9. The van der Waals surface area contributed by atoms with Crippen LogP contribution in [0.5, 0.6) is 0 Å². The Labute approximate surface area is 123 Å². The van der Waals surface area contributed by atoms with Crippen LogP contribution < -0.4 is 10.6 Å². The van der Waals surface area contributed by atoms with Gasteiger partial charge in [0.15, 0.2) is 0 Å². The summed E-state index contributed by atoms with van der Waals surface area (Å²) in [5, 5.41) is 0. The van der Waals surface area contributed by atoms with Gasteiger partial charge in [-0.3, -0.25) is 0 Å². The molecule has 0 aromatic heterocycles. The molecule has 0 amide bonds.